The number of aliphatic hydroxyl groups is 1. The smallest absolute Gasteiger partial charge is 0.390 e. The van der Waals surface area contributed by atoms with Gasteiger partial charge in [-0.1, -0.05) is 0 Å². The molecule has 1 saturated heterocycles. The molecule has 0 aliphatic carbocycles. The van der Waals surface area contributed by atoms with E-state index in [0.29, 0.717) is 0 Å². The summed E-state index contributed by atoms with van der Waals surface area (Å²) in [4.78, 5) is 35.1. The molecule has 1 aliphatic heterocycles. The fourth-order valence-electron chi connectivity index (χ4n) is 1.67. The Kier molecular flexibility index (Phi) is 5.75. The number of hydrogen-bond acceptors (Lipinski definition) is 7. The van der Waals surface area contributed by atoms with Crippen LogP contribution in [0.3, 0.4) is 0 Å². The Labute approximate surface area is 113 Å². The molecule has 0 spiro atoms. The van der Waals surface area contributed by atoms with Gasteiger partial charge in [0.15, 0.2) is 0 Å². The molecule has 0 saturated carbocycles. The molecule has 120 valence electrons. The maximum Gasteiger partial charge on any atom is 0.488 e. The monoisotopic (exact) mass is 356 g/mol. The van der Waals surface area contributed by atoms with Crippen LogP contribution in [0, 0.1) is 0 Å². The molecule has 20 heavy (non-hydrogen) atoms. The molecular formula is C6H15O11P3. The van der Waals surface area contributed by atoms with E-state index in [1.807, 2.05) is 0 Å². The number of phosphoric acid groups is 2. The standard InChI is InChI=1S/C6H15O11P3/c1-4-2-5(7)6(15-4)3-18(8,9)16-20(13,14)17-19(10,11)12/h4-7H,2-3H2,1H3,(H,8,9)(H,13,14)(H2,10,11,12)/t4-,5?,6+/m0/s1. The highest BCUT2D eigenvalue weighted by Crippen LogP contribution is 2.66. The van der Waals surface area contributed by atoms with Crippen LogP contribution in [0.25, 0.3) is 0 Å². The van der Waals surface area contributed by atoms with Crippen molar-refractivity contribution in [3.8, 4) is 0 Å². The third-order valence-electron chi connectivity index (χ3n) is 2.26. The van der Waals surface area contributed by atoms with Gasteiger partial charge < -0.3 is 29.4 Å². The summed E-state index contributed by atoms with van der Waals surface area (Å²) in [6, 6.07) is 0. The first-order chi connectivity index (χ1) is 8.80. The minimum atomic E-state index is -5.44. The third-order valence-corrected chi connectivity index (χ3v) is 6.60. The van der Waals surface area contributed by atoms with Crippen LogP contribution >= 0.6 is 23.2 Å². The number of rotatable bonds is 6. The molecule has 1 rings (SSSR count). The maximum atomic E-state index is 11.6. The van der Waals surface area contributed by atoms with Gasteiger partial charge in [-0.3, -0.25) is 4.57 Å². The Hall–Kier alpha value is 0.370. The van der Waals surface area contributed by atoms with Crippen LogP contribution in [-0.2, 0) is 27.1 Å². The first-order valence-electron chi connectivity index (χ1n) is 5.26. The van der Waals surface area contributed by atoms with E-state index >= 15 is 0 Å². The van der Waals surface area contributed by atoms with E-state index in [9.17, 15) is 23.7 Å². The van der Waals surface area contributed by atoms with E-state index in [0.717, 1.165) is 0 Å². The molecular weight excluding hydrogens is 341 g/mol. The lowest BCUT2D eigenvalue weighted by atomic mass is 10.2. The molecule has 0 bridgehead atoms. The number of ether oxygens (including phenoxy) is 1. The van der Waals surface area contributed by atoms with Crippen molar-refractivity contribution >= 4 is 23.2 Å². The molecule has 0 aromatic heterocycles. The van der Waals surface area contributed by atoms with Gasteiger partial charge in [-0.25, -0.2) is 13.4 Å². The van der Waals surface area contributed by atoms with Gasteiger partial charge in [-0.05, 0) is 6.92 Å². The van der Waals surface area contributed by atoms with Crippen molar-refractivity contribution in [2.24, 2.45) is 0 Å². The van der Waals surface area contributed by atoms with E-state index < -0.39 is 41.6 Å². The Morgan fingerprint density at radius 1 is 1.15 bits per heavy atom. The molecule has 5 atom stereocenters. The van der Waals surface area contributed by atoms with Gasteiger partial charge >= 0.3 is 23.2 Å². The Balaban J connectivity index is 2.68. The molecule has 11 nitrogen and oxygen atoms in total. The zero-order chi connectivity index (χ0) is 15.8. The number of aliphatic hydroxyl groups excluding tert-OH is 1. The van der Waals surface area contributed by atoms with Crippen molar-refractivity contribution < 1.29 is 51.7 Å². The van der Waals surface area contributed by atoms with Crippen molar-refractivity contribution in [3.63, 3.8) is 0 Å². The van der Waals surface area contributed by atoms with Gasteiger partial charge in [0.05, 0.1) is 24.5 Å². The second-order valence-corrected chi connectivity index (χ2v) is 9.10. The van der Waals surface area contributed by atoms with Gasteiger partial charge in [0, 0.05) is 6.42 Å². The van der Waals surface area contributed by atoms with Crippen LogP contribution in [0.5, 0.6) is 0 Å². The molecule has 14 heteroatoms. The van der Waals surface area contributed by atoms with E-state index in [2.05, 4.69) is 8.62 Å². The zero-order valence-electron chi connectivity index (χ0n) is 10.2. The first kappa shape index (κ1) is 18.4. The second kappa shape index (κ2) is 6.24. The normalized spacial score (nSPS) is 33.6. The summed E-state index contributed by atoms with van der Waals surface area (Å²) in [5.74, 6) is 0. The SMILES string of the molecule is C[C@H]1CC(O)[C@@H](CP(=O)(O)OP(=O)(O)OP(=O)(O)O)O1. The van der Waals surface area contributed by atoms with Crippen molar-refractivity contribution in [3.05, 3.63) is 0 Å². The lowest BCUT2D eigenvalue weighted by molar-refractivity contribution is 0.0280. The van der Waals surface area contributed by atoms with Crippen LogP contribution in [0.15, 0.2) is 0 Å². The quantitative estimate of drug-likeness (QED) is 0.402. The zero-order valence-corrected chi connectivity index (χ0v) is 12.9. The van der Waals surface area contributed by atoms with Crippen LogP contribution < -0.4 is 0 Å². The van der Waals surface area contributed by atoms with Crippen LogP contribution in [0.1, 0.15) is 13.3 Å². The molecule has 1 fully saturated rings. The van der Waals surface area contributed by atoms with E-state index in [1.54, 1.807) is 6.92 Å². The fraction of sp³-hybridized carbons (Fsp3) is 1.00. The average molecular weight is 356 g/mol. The molecule has 0 aromatic carbocycles. The van der Waals surface area contributed by atoms with Gasteiger partial charge in [-0.2, -0.15) is 4.31 Å². The summed E-state index contributed by atoms with van der Waals surface area (Å²) in [5, 5.41) is 9.51. The highest BCUT2D eigenvalue weighted by molar-refractivity contribution is 7.68. The van der Waals surface area contributed by atoms with Crippen molar-refractivity contribution in [2.75, 3.05) is 6.16 Å². The minimum absolute atomic E-state index is 0.209. The third kappa shape index (κ3) is 6.43. The maximum absolute atomic E-state index is 11.6. The first-order valence-corrected chi connectivity index (χ1v) is 10.0. The lowest BCUT2D eigenvalue weighted by Crippen LogP contribution is -2.25. The van der Waals surface area contributed by atoms with Crippen molar-refractivity contribution in [1.29, 1.82) is 0 Å². The molecule has 0 amide bonds. The highest BCUT2D eigenvalue weighted by Gasteiger charge is 2.43. The summed E-state index contributed by atoms with van der Waals surface area (Å²) >= 11 is 0. The summed E-state index contributed by atoms with van der Waals surface area (Å²) in [6.45, 7) is 1.61. The lowest BCUT2D eigenvalue weighted by Gasteiger charge is -2.20. The Bertz CT molecular complexity index is 485. The van der Waals surface area contributed by atoms with Crippen LogP contribution in [0.4, 0.5) is 0 Å². The number of hydrogen-bond donors (Lipinski definition) is 5. The van der Waals surface area contributed by atoms with Gasteiger partial charge in [-0.15, -0.1) is 0 Å². The molecule has 3 unspecified atom stereocenters. The summed E-state index contributed by atoms with van der Waals surface area (Å²) < 4.78 is 45.5. The highest BCUT2D eigenvalue weighted by atomic mass is 31.3. The average Bonchev–Trinajstić information content (AvgIpc) is 2.36. The van der Waals surface area contributed by atoms with Gasteiger partial charge in [0.25, 0.3) is 0 Å². The van der Waals surface area contributed by atoms with E-state index in [4.69, 9.17) is 19.4 Å². The molecule has 0 radical (unpaired) electrons. The van der Waals surface area contributed by atoms with Crippen LogP contribution in [0.2, 0.25) is 0 Å². The van der Waals surface area contributed by atoms with Gasteiger partial charge in [0.1, 0.15) is 0 Å². The fourth-order valence-corrected chi connectivity index (χ4v) is 5.48. The van der Waals surface area contributed by atoms with Crippen molar-refractivity contribution in [1.82, 2.24) is 0 Å². The summed E-state index contributed by atoms with van der Waals surface area (Å²) in [5.41, 5.74) is 0. The van der Waals surface area contributed by atoms with Gasteiger partial charge in [0.2, 0.25) is 0 Å². The second-order valence-electron chi connectivity index (χ2n) is 4.23. The van der Waals surface area contributed by atoms with Crippen LogP contribution in [-0.4, -0.2) is 49.2 Å². The Morgan fingerprint density at radius 3 is 2.10 bits per heavy atom. The predicted molar refractivity (Wildman–Crippen MR) is 63.7 cm³/mol. The minimum Gasteiger partial charge on any atom is -0.390 e. The molecule has 0 aromatic rings. The molecule has 1 heterocycles. The summed E-state index contributed by atoms with van der Waals surface area (Å²) in [7, 11) is -15.6. The van der Waals surface area contributed by atoms with Crippen molar-refractivity contribution in [2.45, 2.75) is 31.7 Å². The molecule has 5 N–H and O–H groups in total. The van der Waals surface area contributed by atoms with E-state index in [-0.39, 0.29) is 12.5 Å². The summed E-state index contributed by atoms with van der Waals surface area (Å²) in [6.07, 6.45) is -3.15. The Morgan fingerprint density at radius 2 is 1.70 bits per heavy atom. The predicted octanol–water partition coefficient (Wildman–Crippen LogP) is -0.0636. The largest absolute Gasteiger partial charge is 0.488 e. The topological polar surface area (TPSA) is 180 Å². The van der Waals surface area contributed by atoms with E-state index in [1.165, 1.54) is 0 Å². The molecule has 1 aliphatic rings.